The number of carbonyl (C=O) groups excluding carboxylic acids is 2. The van der Waals surface area contributed by atoms with E-state index < -0.39 is 5.54 Å². The first-order valence-corrected chi connectivity index (χ1v) is 10.1. The van der Waals surface area contributed by atoms with E-state index in [1.165, 1.54) is 19.3 Å². The maximum Gasteiger partial charge on any atom is 0.311 e. The highest BCUT2D eigenvalue weighted by molar-refractivity contribution is 7.98. The Labute approximate surface area is 149 Å². The van der Waals surface area contributed by atoms with Gasteiger partial charge in [0.05, 0.1) is 25.2 Å². The molecule has 0 radical (unpaired) electrons. The molecule has 1 amide bonds. The molecule has 0 aromatic rings. The van der Waals surface area contributed by atoms with Gasteiger partial charge in [-0.1, -0.05) is 0 Å². The lowest BCUT2D eigenvalue weighted by atomic mass is 9.76. The standard InChI is InChI=1S/C17H30N2O4S/c1-22-11-10-19-15(20)13-14(16(21)23-2)17(19)5-8-18(9-6-17)7-4-12-24-3/h14H,4-13H2,1-3H3. The van der Waals surface area contributed by atoms with Gasteiger partial charge in [0.1, 0.15) is 0 Å². The summed E-state index contributed by atoms with van der Waals surface area (Å²) in [5.74, 6) is 0.628. The molecule has 0 N–H and O–H groups in total. The van der Waals surface area contributed by atoms with Gasteiger partial charge in [-0.05, 0) is 37.8 Å². The minimum Gasteiger partial charge on any atom is -0.469 e. The zero-order valence-corrected chi connectivity index (χ0v) is 15.9. The van der Waals surface area contributed by atoms with Crippen LogP contribution in [-0.2, 0) is 19.1 Å². The van der Waals surface area contributed by atoms with Crippen LogP contribution in [-0.4, -0.2) is 86.2 Å². The first-order valence-electron chi connectivity index (χ1n) is 8.67. The molecule has 1 unspecified atom stereocenters. The molecule has 1 spiro atoms. The number of hydrogen-bond acceptors (Lipinski definition) is 6. The van der Waals surface area contributed by atoms with E-state index in [2.05, 4.69) is 11.2 Å². The van der Waals surface area contributed by atoms with Gasteiger partial charge in [-0.2, -0.15) is 11.8 Å². The molecule has 6 nitrogen and oxygen atoms in total. The molecule has 24 heavy (non-hydrogen) atoms. The number of carbonyl (C=O) groups is 2. The molecule has 0 bridgehead atoms. The van der Waals surface area contributed by atoms with Crippen molar-refractivity contribution in [3.63, 3.8) is 0 Å². The van der Waals surface area contributed by atoms with E-state index in [-0.39, 0.29) is 24.2 Å². The van der Waals surface area contributed by atoms with E-state index in [9.17, 15) is 9.59 Å². The number of amides is 1. The van der Waals surface area contributed by atoms with Crippen molar-refractivity contribution in [1.29, 1.82) is 0 Å². The van der Waals surface area contributed by atoms with Gasteiger partial charge in [-0.3, -0.25) is 9.59 Å². The molecule has 2 saturated heterocycles. The molecular weight excluding hydrogens is 328 g/mol. The molecule has 0 aliphatic carbocycles. The van der Waals surface area contributed by atoms with Crippen LogP contribution in [0.3, 0.4) is 0 Å². The van der Waals surface area contributed by atoms with Gasteiger partial charge >= 0.3 is 5.97 Å². The summed E-state index contributed by atoms with van der Waals surface area (Å²) in [7, 11) is 3.05. The predicted octanol–water partition coefficient (Wildman–Crippen LogP) is 1.24. The summed E-state index contributed by atoms with van der Waals surface area (Å²) in [5.41, 5.74) is -0.390. The van der Waals surface area contributed by atoms with Crippen molar-refractivity contribution < 1.29 is 19.1 Å². The zero-order chi connectivity index (χ0) is 17.6. The van der Waals surface area contributed by atoms with Crippen molar-refractivity contribution in [3.05, 3.63) is 0 Å². The van der Waals surface area contributed by atoms with Gasteiger partial charge in [0.25, 0.3) is 0 Å². The Balaban J connectivity index is 2.09. The molecular formula is C17H30N2O4S. The first kappa shape index (κ1) is 19.5. The SMILES string of the molecule is COCCN1C(=O)CC(C(=O)OC)C12CCN(CCCSC)CC2. The number of rotatable bonds is 8. The summed E-state index contributed by atoms with van der Waals surface area (Å²) >= 11 is 1.87. The largest absolute Gasteiger partial charge is 0.469 e. The summed E-state index contributed by atoms with van der Waals surface area (Å²) in [4.78, 5) is 29.2. The molecule has 2 aliphatic heterocycles. The van der Waals surface area contributed by atoms with Crippen LogP contribution in [0.2, 0.25) is 0 Å². The number of esters is 1. The molecule has 138 valence electrons. The lowest BCUT2D eigenvalue weighted by Crippen LogP contribution is -2.58. The van der Waals surface area contributed by atoms with Gasteiger partial charge < -0.3 is 19.3 Å². The molecule has 7 heteroatoms. The average Bonchev–Trinajstić information content (AvgIpc) is 2.86. The van der Waals surface area contributed by atoms with E-state index in [1.807, 2.05) is 16.7 Å². The van der Waals surface area contributed by atoms with Gasteiger partial charge in [0.2, 0.25) is 5.91 Å². The Hall–Kier alpha value is -0.790. The van der Waals surface area contributed by atoms with Gasteiger partial charge in [-0.15, -0.1) is 0 Å². The highest BCUT2D eigenvalue weighted by Gasteiger charge is 2.56. The van der Waals surface area contributed by atoms with Crippen LogP contribution in [0.5, 0.6) is 0 Å². The lowest BCUT2D eigenvalue weighted by Gasteiger charge is -2.47. The number of hydrogen-bond donors (Lipinski definition) is 0. The van der Waals surface area contributed by atoms with Crippen molar-refractivity contribution in [2.24, 2.45) is 5.92 Å². The Morgan fingerprint density at radius 3 is 2.58 bits per heavy atom. The topological polar surface area (TPSA) is 59.1 Å². The predicted molar refractivity (Wildman–Crippen MR) is 95.1 cm³/mol. The summed E-state index contributed by atoms with van der Waals surface area (Å²) in [6, 6.07) is 0. The minimum absolute atomic E-state index is 0.0540. The Kier molecular flexibility index (Phi) is 7.37. The van der Waals surface area contributed by atoms with Crippen LogP contribution in [0.15, 0.2) is 0 Å². The normalized spacial score (nSPS) is 23.9. The summed E-state index contributed by atoms with van der Waals surface area (Å²) < 4.78 is 10.2. The van der Waals surface area contributed by atoms with Crippen LogP contribution in [0.1, 0.15) is 25.7 Å². The van der Waals surface area contributed by atoms with E-state index in [4.69, 9.17) is 9.47 Å². The number of ether oxygens (including phenoxy) is 2. The second-order valence-corrected chi connectivity index (χ2v) is 7.60. The second-order valence-electron chi connectivity index (χ2n) is 6.61. The average molecular weight is 359 g/mol. The first-order chi connectivity index (χ1) is 11.6. The van der Waals surface area contributed by atoms with Crippen LogP contribution in [0, 0.1) is 5.92 Å². The zero-order valence-electron chi connectivity index (χ0n) is 15.1. The van der Waals surface area contributed by atoms with E-state index in [0.29, 0.717) is 13.2 Å². The Morgan fingerprint density at radius 1 is 1.29 bits per heavy atom. The number of nitrogens with zero attached hydrogens (tertiary/aromatic N) is 2. The third-order valence-corrected chi connectivity index (χ3v) is 6.11. The molecule has 2 fully saturated rings. The molecule has 2 aliphatic rings. The van der Waals surface area contributed by atoms with Gasteiger partial charge in [0.15, 0.2) is 0 Å². The Bertz CT molecular complexity index is 438. The summed E-state index contributed by atoms with van der Waals surface area (Å²) in [6.07, 6.45) is 5.25. The van der Waals surface area contributed by atoms with E-state index in [0.717, 1.165) is 32.5 Å². The molecule has 0 saturated carbocycles. The molecule has 0 aromatic carbocycles. The highest BCUT2D eigenvalue weighted by atomic mass is 32.2. The maximum absolute atomic E-state index is 12.5. The van der Waals surface area contributed by atoms with Gasteiger partial charge in [-0.25, -0.2) is 0 Å². The van der Waals surface area contributed by atoms with E-state index >= 15 is 0 Å². The van der Waals surface area contributed by atoms with Crippen LogP contribution in [0.4, 0.5) is 0 Å². The van der Waals surface area contributed by atoms with Crippen LogP contribution >= 0.6 is 11.8 Å². The second kappa shape index (κ2) is 9.06. The van der Waals surface area contributed by atoms with Gasteiger partial charge in [0, 0.05) is 33.2 Å². The number of piperidine rings is 1. The quantitative estimate of drug-likeness (QED) is 0.481. The molecule has 0 aromatic heterocycles. The number of methoxy groups -OCH3 is 2. The van der Waals surface area contributed by atoms with Crippen LogP contribution in [0.25, 0.3) is 0 Å². The van der Waals surface area contributed by atoms with Crippen molar-refractivity contribution in [2.75, 3.05) is 59.0 Å². The molecule has 2 rings (SSSR count). The number of likely N-dealkylation sites (tertiary alicyclic amines) is 2. The smallest absolute Gasteiger partial charge is 0.311 e. The third-order valence-electron chi connectivity index (χ3n) is 5.42. The van der Waals surface area contributed by atoms with Crippen molar-refractivity contribution in [3.8, 4) is 0 Å². The van der Waals surface area contributed by atoms with Crippen LogP contribution < -0.4 is 0 Å². The molecule has 1 atom stereocenters. The van der Waals surface area contributed by atoms with Crippen molar-refractivity contribution in [1.82, 2.24) is 9.80 Å². The van der Waals surface area contributed by atoms with Crippen molar-refractivity contribution in [2.45, 2.75) is 31.2 Å². The Morgan fingerprint density at radius 2 is 2.00 bits per heavy atom. The maximum atomic E-state index is 12.5. The monoisotopic (exact) mass is 358 g/mol. The lowest BCUT2D eigenvalue weighted by molar-refractivity contribution is -0.150. The summed E-state index contributed by atoms with van der Waals surface area (Å²) in [5, 5.41) is 0. The fourth-order valence-electron chi connectivity index (χ4n) is 4.10. The van der Waals surface area contributed by atoms with Crippen molar-refractivity contribution >= 4 is 23.6 Å². The third kappa shape index (κ3) is 4.06. The molecule has 2 heterocycles. The minimum atomic E-state index is -0.390. The fraction of sp³-hybridized carbons (Fsp3) is 0.882. The highest BCUT2D eigenvalue weighted by Crippen LogP contribution is 2.44. The summed E-state index contributed by atoms with van der Waals surface area (Å²) in [6.45, 7) is 4.00. The fourth-order valence-corrected chi connectivity index (χ4v) is 4.52. The van der Waals surface area contributed by atoms with E-state index in [1.54, 1.807) is 7.11 Å². The number of thioether (sulfide) groups is 1.